The zero-order valence-corrected chi connectivity index (χ0v) is 19.8. The van der Waals surface area contributed by atoms with E-state index in [0.717, 1.165) is 6.42 Å². The molecule has 34 heavy (non-hydrogen) atoms. The van der Waals surface area contributed by atoms with Crippen molar-refractivity contribution in [3.63, 3.8) is 0 Å². The van der Waals surface area contributed by atoms with Crippen molar-refractivity contribution in [1.29, 1.82) is 5.26 Å². The van der Waals surface area contributed by atoms with E-state index in [1.54, 1.807) is 42.5 Å². The highest BCUT2D eigenvalue weighted by atomic mass is 35.5. The Kier molecular flexibility index (Phi) is 7.82. The summed E-state index contributed by atoms with van der Waals surface area (Å²) in [7, 11) is 2.38. The zero-order valence-electron chi connectivity index (χ0n) is 19.0. The number of methoxy groups -OCH3 is 2. The van der Waals surface area contributed by atoms with E-state index < -0.39 is 17.9 Å². The molecule has 0 saturated heterocycles. The van der Waals surface area contributed by atoms with Crippen LogP contribution in [0.1, 0.15) is 24.8 Å². The van der Waals surface area contributed by atoms with Gasteiger partial charge in [-0.15, -0.1) is 0 Å². The molecule has 0 spiro atoms. The lowest BCUT2D eigenvalue weighted by atomic mass is 9.81. The lowest BCUT2D eigenvalue weighted by Crippen LogP contribution is -2.40. The second-order valence-corrected chi connectivity index (χ2v) is 7.71. The first kappa shape index (κ1) is 24.7. The summed E-state index contributed by atoms with van der Waals surface area (Å²) < 4.78 is 15.6. The molecule has 1 heterocycles. The molecule has 0 radical (unpaired) electrons. The maximum absolute atomic E-state index is 13.0. The third-order valence-corrected chi connectivity index (χ3v) is 5.54. The molecule has 2 aromatic rings. The van der Waals surface area contributed by atoms with Gasteiger partial charge in [-0.1, -0.05) is 48.9 Å². The minimum absolute atomic E-state index is 0.0392. The SMILES string of the molecule is CCCOc1ccc(N2C(N)=C(C#N)C(c3ccccc3)C(C(=O)OC)=C2C(=O)OC)cc1Cl. The van der Waals surface area contributed by atoms with Crippen LogP contribution in [0.15, 0.2) is 71.2 Å². The van der Waals surface area contributed by atoms with Gasteiger partial charge in [0.15, 0.2) is 0 Å². The van der Waals surface area contributed by atoms with Crippen molar-refractivity contribution in [3.8, 4) is 11.8 Å². The average Bonchev–Trinajstić information content (AvgIpc) is 2.86. The molecule has 2 N–H and O–H groups in total. The highest BCUT2D eigenvalue weighted by Gasteiger charge is 2.43. The number of ether oxygens (including phenoxy) is 3. The molecule has 0 saturated carbocycles. The first-order valence-corrected chi connectivity index (χ1v) is 10.8. The Morgan fingerprint density at radius 3 is 2.35 bits per heavy atom. The standard InChI is InChI=1S/C25H24ClN3O5/c1-4-12-34-19-11-10-16(13-18(19)26)29-22(25(31)33-3)21(24(30)32-2)20(17(14-27)23(29)28)15-8-6-5-7-9-15/h5-11,13,20H,4,12,28H2,1-3H3. The molecule has 1 unspecified atom stereocenters. The first-order chi connectivity index (χ1) is 16.4. The molecule has 176 valence electrons. The number of halogens is 1. The molecular weight excluding hydrogens is 458 g/mol. The summed E-state index contributed by atoms with van der Waals surface area (Å²) in [5.41, 5.74) is 7.22. The van der Waals surface area contributed by atoms with E-state index in [0.29, 0.717) is 23.6 Å². The van der Waals surface area contributed by atoms with E-state index in [4.69, 9.17) is 31.5 Å². The van der Waals surface area contributed by atoms with E-state index in [1.807, 2.05) is 6.92 Å². The van der Waals surface area contributed by atoms with Crippen LogP contribution >= 0.6 is 11.6 Å². The monoisotopic (exact) mass is 481 g/mol. The van der Waals surface area contributed by atoms with Crippen LogP contribution in [0.4, 0.5) is 5.69 Å². The van der Waals surface area contributed by atoms with Crippen molar-refractivity contribution < 1.29 is 23.8 Å². The number of hydrogen-bond acceptors (Lipinski definition) is 8. The Morgan fingerprint density at radius 1 is 1.12 bits per heavy atom. The van der Waals surface area contributed by atoms with Gasteiger partial charge in [0, 0.05) is 5.69 Å². The fourth-order valence-electron chi connectivity index (χ4n) is 3.74. The molecule has 1 atom stereocenters. The largest absolute Gasteiger partial charge is 0.492 e. The lowest BCUT2D eigenvalue weighted by Gasteiger charge is -2.36. The predicted molar refractivity (Wildman–Crippen MR) is 127 cm³/mol. The number of anilines is 1. The number of esters is 2. The number of allylic oxidation sites excluding steroid dienone is 1. The zero-order chi connectivity index (χ0) is 24.8. The van der Waals surface area contributed by atoms with Crippen LogP contribution in [0.3, 0.4) is 0 Å². The molecule has 2 aromatic carbocycles. The number of nitriles is 1. The van der Waals surface area contributed by atoms with Gasteiger partial charge in [-0.05, 0) is 30.2 Å². The van der Waals surface area contributed by atoms with E-state index >= 15 is 0 Å². The van der Waals surface area contributed by atoms with Gasteiger partial charge < -0.3 is 19.9 Å². The predicted octanol–water partition coefficient (Wildman–Crippen LogP) is 4.03. The number of benzene rings is 2. The molecule has 0 aliphatic carbocycles. The van der Waals surface area contributed by atoms with Crippen LogP contribution in [-0.2, 0) is 19.1 Å². The minimum atomic E-state index is -0.938. The summed E-state index contributed by atoms with van der Waals surface area (Å²) >= 11 is 6.42. The second-order valence-electron chi connectivity index (χ2n) is 7.30. The number of carbonyl (C=O) groups excluding carboxylic acids is 2. The Hall–Kier alpha value is -3.96. The topological polar surface area (TPSA) is 115 Å². The van der Waals surface area contributed by atoms with Gasteiger partial charge in [-0.3, -0.25) is 4.90 Å². The fourth-order valence-corrected chi connectivity index (χ4v) is 3.97. The second kappa shape index (κ2) is 10.8. The van der Waals surface area contributed by atoms with E-state index in [-0.39, 0.29) is 27.7 Å². The van der Waals surface area contributed by atoms with Crippen molar-refractivity contribution in [3.05, 3.63) is 81.8 Å². The van der Waals surface area contributed by atoms with Crippen LogP contribution in [0.25, 0.3) is 0 Å². The fraction of sp³-hybridized carbons (Fsp3) is 0.240. The van der Waals surface area contributed by atoms with Crippen molar-refractivity contribution in [2.75, 3.05) is 25.7 Å². The van der Waals surface area contributed by atoms with Crippen molar-refractivity contribution in [1.82, 2.24) is 0 Å². The third kappa shape index (κ3) is 4.56. The average molecular weight is 482 g/mol. The van der Waals surface area contributed by atoms with Gasteiger partial charge in [0.2, 0.25) is 0 Å². The Labute approximate surface area is 202 Å². The molecule has 1 aliphatic heterocycles. The molecular formula is C25H24ClN3O5. The lowest BCUT2D eigenvalue weighted by molar-refractivity contribution is -0.139. The molecule has 1 aliphatic rings. The minimum Gasteiger partial charge on any atom is -0.492 e. The van der Waals surface area contributed by atoms with Gasteiger partial charge in [-0.25, -0.2) is 9.59 Å². The number of nitrogens with zero attached hydrogens (tertiary/aromatic N) is 2. The number of nitrogens with two attached hydrogens (primary N) is 1. The Morgan fingerprint density at radius 2 is 1.79 bits per heavy atom. The van der Waals surface area contributed by atoms with Gasteiger partial charge in [0.25, 0.3) is 0 Å². The normalized spacial score (nSPS) is 15.6. The quantitative estimate of drug-likeness (QED) is 0.589. The molecule has 9 heteroatoms. The van der Waals surface area contributed by atoms with Gasteiger partial charge in [0.05, 0.1) is 49.0 Å². The van der Waals surface area contributed by atoms with E-state index in [9.17, 15) is 14.9 Å². The highest BCUT2D eigenvalue weighted by Crippen LogP contribution is 2.44. The van der Waals surface area contributed by atoms with Gasteiger partial charge in [-0.2, -0.15) is 5.26 Å². The molecule has 0 amide bonds. The smallest absolute Gasteiger partial charge is 0.355 e. The number of hydrogen-bond donors (Lipinski definition) is 1. The molecule has 8 nitrogen and oxygen atoms in total. The first-order valence-electron chi connectivity index (χ1n) is 10.5. The highest BCUT2D eigenvalue weighted by molar-refractivity contribution is 6.32. The maximum Gasteiger partial charge on any atom is 0.355 e. The number of carbonyl (C=O) groups is 2. The van der Waals surface area contributed by atoms with Crippen LogP contribution in [-0.4, -0.2) is 32.8 Å². The summed E-state index contributed by atoms with van der Waals surface area (Å²) in [6.07, 6.45) is 0.796. The third-order valence-electron chi connectivity index (χ3n) is 5.25. The van der Waals surface area contributed by atoms with Gasteiger partial charge in [0.1, 0.15) is 17.3 Å². The summed E-state index contributed by atoms with van der Waals surface area (Å²) in [4.78, 5) is 27.4. The summed E-state index contributed by atoms with van der Waals surface area (Å²) in [5, 5.41) is 10.3. The van der Waals surface area contributed by atoms with Crippen LogP contribution in [0.5, 0.6) is 5.75 Å². The van der Waals surface area contributed by atoms with E-state index in [1.165, 1.54) is 25.2 Å². The summed E-state index contributed by atoms with van der Waals surface area (Å²) in [5.74, 6) is -2.15. The van der Waals surface area contributed by atoms with Crippen LogP contribution in [0.2, 0.25) is 5.02 Å². The van der Waals surface area contributed by atoms with Crippen molar-refractivity contribution >= 4 is 29.2 Å². The Bertz CT molecular complexity index is 1200. The van der Waals surface area contributed by atoms with E-state index in [2.05, 4.69) is 6.07 Å². The summed E-state index contributed by atoms with van der Waals surface area (Å²) in [6, 6.07) is 15.7. The van der Waals surface area contributed by atoms with Crippen molar-refractivity contribution in [2.24, 2.45) is 5.73 Å². The van der Waals surface area contributed by atoms with Crippen LogP contribution in [0, 0.1) is 11.3 Å². The van der Waals surface area contributed by atoms with Crippen molar-refractivity contribution in [2.45, 2.75) is 19.3 Å². The molecule has 0 aromatic heterocycles. The van der Waals surface area contributed by atoms with Crippen LogP contribution < -0.4 is 15.4 Å². The molecule has 0 bridgehead atoms. The molecule has 0 fully saturated rings. The number of rotatable bonds is 7. The Balaban J connectivity index is 2.32. The molecule has 3 rings (SSSR count). The maximum atomic E-state index is 13.0. The summed E-state index contributed by atoms with van der Waals surface area (Å²) in [6.45, 7) is 2.44. The van der Waals surface area contributed by atoms with Gasteiger partial charge >= 0.3 is 11.9 Å².